The third-order valence-electron chi connectivity index (χ3n) is 1.88. The molecule has 1 aromatic rings. The first-order valence-corrected chi connectivity index (χ1v) is 4.19. The molecule has 0 radical (unpaired) electrons. The Kier molecular flexibility index (Phi) is 3.60. The summed E-state index contributed by atoms with van der Waals surface area (Å²) in [7, 11) is 2.29. The maximum absolute atomic E-state index is 12.4. The van der Waals surface area contributed by atoms with Gasteiger partial charge in [-0.15, -0.1) is 0 Å². The van der Waals surface area contributed by atoms with Crippen LogP contribution in [-0.2, 0) is 4.74 Å². The molecule has 88 valence electrons. The second-order valence-corrected chi connectivity index (χ2v) is 2.79. The van der Waals surface area contributed by atoms with Crippen LogP contribution in [0.3, 0.4) is 0 Å². The highest BCUT2D eigenvalue weighted by Gasteiger charge is 2.20. The standard InChI is InChI=1S/C9H9F2NO4/c1-15-5-3-4(7(10)11)8(13)12-6(5)9(14)16-2/h3,7H,1-2H3,(H,12,13). The van der Waals surface area contributed by atoms with Gasteiger partial charge in [-0.2, -0.15) is 0 Å². The lowest BCUT2D eigenvalue weighted by atomic mass is 10.2. The number of hydrogen-bond acceptors (Lipinski definition) is 4. The summed E-state index contributed by atoms with van der Waals surface area (Å²) in [5, 5.41) is 0. The van der Waals surface area contributed by atoms with Gasteiger partial charge in [-0.3, -0.25) is 4.79 Å². The molecule has 0 saturated heterocycles. The first-order valence-electron chi connectivity index (χ1n) is 4.19. The molecule has 5 nitrogen and oxygen atoms in total. The topological polar surface area (TPSA) is 68.4 Å². The molecule has 0 atom stereocenters. The van der Waals surface area contributed by atoms with E-state index in [4.69, 9.17) is 4.74 Å². The molecule has 0 saturated carbocycles. The van der Waals surface area contributed by atoms with Gasteiger partial charge < -0.3 is 14.5 Å². The SMILES string of the molecule is COC(=O)c1[nH]c(=O)c(C(F)F)cc1OC. The molecule has 0 aromatic carbocycles. The number of nitrogens with one attached hydrogen (secondary N) is 1. The lowest BCUT2D eigenvalue weighted by molar-refractivity contribution is 0.0588. The third-order valence-corrected chi connectivity index (χ3v) is 1.88. The predicted octanol–water partition coefficient (Wildman–Crippen LogP) is 1.11. The van der Waals surface area contributed by atoms with E-state index in [0.717, 1.165) is 13.2 Å². The Morgan fingerprint density at radius 2 is 2.06 bits per heavy atom. The fourth-order valence-corrected chi connectivity index (χ4v) is 1.10. The molecule has 1 aromatic heterocycles. The van der Waals surface area contributed by atoms with Crippen LogP contribution in [0.25, 0.3) is 0 Å². The van der Waals surface area contributed by atoms with Gasteiger partial charge in [-0.25, -0.2) is 13.6 Å². The first-order chi connectivity index (χ1) is 7.51. The van der Waals surface area contributed by atoms with Crippen molar-refractivity contribution in [3.8, 4) is 5.75 Å². The number of pyridine rings is 1. The van der Waals surface area contributed by atoms with Crippen molar-refractivity contribution >= 4 is 5.97 Å². The molecule has 0 aliphatic carbocycles. The van der Waals surface area contributed by atoms with Crippen LogP contribution in [0.2, 0.25) is 0 Å². The van der Waals surface area contributed by atoms with E-state index in [-0.39, 0.29) is 11.4 Å². The van der Waals surface area contributed by atoms with Crippen LogP contribution in [0.15, 0.2) is 10.9 Å². The molecule has 1 N–H and O–H groups in total. The molecule has 0 bridgehead atoms. The van der Waals surface area contributed by atoms with Crippen molar-refractivity contribution in [3.05, 3.63) is 27.7 Å². The van der Waals surface area contributed by atoms with Gasteiger partial charge in [0.1, 0.15) is 0 Å². The molecular weight excluding hydrogens is 224 g/mol. The molecule has 1 rings (SSSR count). The fraction of sp³-hybridized carbons (Fsp3) is 0.333. The quantitative estimate of drug-likeness (QED) is 0.794. The van der Waals surface area contributed by atoms with Crippen molar-refractivity contribution in [3.63, 3.8) is 0 Å². The average Bonchev–Trinajstić information content (AvgIpc) is 2.27. The van der Waals surface area contributed by atoms with Crippen LogP contribution in [0, 0.1) is 0 Å². The van der Waals surface area contributed by atoms with Crippen molar-refractivity contribution in [1.82, 2.24) is 4.98 Å². The number of aromatic nitrogens is 1. The van der Waals surface area contributed by atoms with Gasteiger partial charge in [0.2, 0.25) is 0 Å². The van der Waals surface area contributed by atoms with Crippen LogP contribution < -0.4 is 10.3 Å². The summed E-state index contributed by atoms with van der Waals surface area (Å²) in [6.45, 7) is 0. The smallest absolute Gasteiger partial charge is 0.358 e. The van der Waals surface area contributed by atoms with Crippen LogP contribution in [0.5, 0.6) is 5.75 Å². The largest absolute Gasteiger partial charge is 0.494 e. The van der Waals surface area contributed by atoms with Gasteiger partial charge in [0.05, 0.1) is 19.8 Å². The number of aromatic amines is 1. The number of H-pyrrole nitrogens is 1. The minimum Gasteiger partial charge on any atom is -0.494 e. The van der Waals surface area contributed by atoms with Crippen molar-refractivity contribution < 1.29 is 23.0 Å². The Balaban J connectivity index is 3.38. The summed E-state index contributed by atoms with van der Waals surface area (Å²) in [6, 6.07) is 0.815. The van der Waals surface area contributed by atoms with E-state index in [1.807, 2.05) is 4.98 Å². The Hall–Kier alpha value is -1.92. The Labute approximate surface area is 89.0 Å². The Morgan fingerprint density at radius 3 is 2.50 bits per heavy atom. The van der Waals surface area contributed by atoms with E-state index in [9.17, 15) is 18.4 Å². The van der Waals surface area contributed by atoms with E-state index < -0.39 is 23.5 Å². The van der Waals surface area contributed by atoms with Crippen molar-refractivity contribution in [2.75, 3.05) is 14.2 Å². The molecule has 16 heavy (non-hydrogen) atoms. The zero-order valence-corrected chi connectivity index (χ0v) is 8.54. The van der Waals surface area contributed by atoms with E-state index >= 15 is 0 Å². The van der Waals surface area contributed by atoms with Gasteiger partial charge in [-0.05, 0) is 6.07 Å². The fourth-order valence-electron chi connectivity index (χ4n) is 1.10. The molecule has 0 unspecified atom stereocenters. The summed E-state index contributed by atoms with van der Waals surface area (Å²) in [4.78, 5) is 24.3. The van der Waals surface area contributed by atoms with Gasteiger partial charge in [0.15, 0.2) is 11.4 Å². The first kappa shape index (κ1) is 12.2. The molecule has 0 amide bonds. The van der Waals surface area contributed by atoms with E-state index in [1.54, 1.807) is 0 Å². The van der Waals surface area contributed by atoms with Gasteiger partial charge in [0.25, 0.3) is 12.0 Å². The number of alkyl halides is 2. The van der Waals surface area contributed by atoms with Crippen molar-refractivity contribution in [2.45, 2.75) is 6.43 Å². The highest BCUT2D eigenvalue weighted by Crippen LogP contribution is 2.22. The summed E-state index contributed by atoms with van der Waals surface area (Å²) >= 11 is 0. The molecule has 7 heteroatoms. The predicted molar refractivity (Wildman–Crippen MR) is 49.9 cm³/mol. The number of rotatable bonds is 3. The van der Waals surface area contributed by atoms with Crippen LogP contribution in [0.1, 0.15) is 22.5 Å². The number of carbonyl (C=O) groups is 1. The van der Waals surface area contributed by atoms with E-state index in [2.05, 4.69) is 4.74 Å². The molecule has 0 fully saturated rings. The van der Waals surface area contributed by atoms with E-state index in [1.165, 1.54) is 7.11 Å². The number of halogens is 2. The normalized spacial score (nSPS) is 10.3. The number of hydrogen-bond donors (Lipinski definition) is 1. The molecule has 0 aliphatic heterocycles. The maximum atomic E-state index is 12.4. The number of carbonyl (C=O) groups excluding carboxylic acids is 1. The van der Waals surface area contributed by atoms with Crippen LogP contribution >= 0.6 is 0 Å². The van der Waals surface area contributed by atoms with E-state index in [0.29, 0.717) is 0 Å². The third kappa shape index (κ3) is 2.18. The second-order valence-electron chi connectivity index (χ2n) is 2.79. The summed E-state index contributed by atoms with van der Waals surface area (Å²) in [5.74, 6) is -1.03. The Morgan fingerprint density at radius 1 is 1.44 bits per heavy atom. The summed E-state index contributed by atoms with van der Waals surface area (Å²) in [6.07, 6.45) is -2.94. The molecule has 1 heterocycles. The molecule has 0 aliphatic rings. The zero-order chi connectivity index (χ0) is 12.3. The Bertz CT molecular complexity index is 455. The maximum Gasteiger partial charge on any atom is 0.358 e. The second kappa shape index (κ2) is 4.73. The summed E-state index contributed by atoms with van der Waals surface area (Å²) in [5.41, 5.74) is -2.10. The van der Waals surface area contributed by atoms with Crippen molar-refractivity contribution in [2.24, 2.45) is 0 Å². The highest BCUT2D eigenvalue weighted by molar-refractivity contribution is 5.90. The van der Waals surface area contributed by atoms with Crippen molar-refractivity contribution in [1.29, 1.82) is 0 Å². The summed E-state index contributed by atoms with van der Waals surface area (Å²) < 4.78 is 33.8. The molecule has 0 spiro atoms. The van der Waals surface area contributed by atoms with Crippen LogP contribution in [-0.4, -0.2) is 25.2 Å². The minimum atomic E-state index is -2.94. The molecular formula is C9H9F2NO4. The number of methoxy groups -OCH3 is 2. The zero-order valence-electron chi connectivity index (χ0n) is 8.54. The van der Waals surface area contributed by atoms with Gasteiger partial charge in [-0.1, -0.05) is 0 Å². The minimum absolute atomic E-state index is 0.165. The number of esters is 1. The van der Waals surface area contributed by atoms with Crippen LogP contribution in [0.4, 0.5) is 8.78 Å². The number of ether oxygens (including phenoxy) is 2. The van der Waals surface area contributed by atoms with Gasteiger partial charge >= 0.3 is 5.97 Å². The monoisotopic (exact) mass is 233 g/mol. The lowest BCUT2D eigenvalue weighted by Crippen LogP contribution is -2.19. The lowest BCUT2D eigenvalue weighted by Gasteiger charge is -2.08. The highest BCUT2D eigenvalue weighted by atomic mass is 19.3. The van der Waals surface area contributed by atoms with Gasteiger partial charge in [0, 0.05) is 0 Å². The average molecular weight is 233 g/mol.